The number of amides is 1. The third-order valence-corrected chi connectivity index (χ3v) is 7.19. The number of carbonyl (C=O) groups excluding carboxylic acids is 1. The average Bonchev–Trinajstić information content (AvgIpc) is 3.35. The largest absolute Gasteiger partial charge is 0.497 e. The van der Waals surface area contributed by atoms with Crippen LogP contribution in [0.4, 0.5) is 11.4 Å². The first-order valence-corrected chi connectivity index (χ1v) is 11.8. The molecule has 3 aliphatic heterocycles. The summed E-state index contributed by atoms with van der Waals surface area (Å²) < 4.78 is 11.2. The van der Waals surface area contributed by atoms with Crippen LogP contribution in [0.25, 0.3) is 0 Å². The molecule has 0 radical (unpaired) electrons. The van der Waals surface area contributed by atoms with Crippen LogP contribution in [0.15, 0.2) is 42.5 Å². The molecule has 3 heterocycles. The molecule has 6 nitrogen and oxygen atoms in total. The molecule has 2 aromatic carbocycles. The Labute approximate surface area is 190 Å². The molecule has 2 fully saturated rings. The van der Waals surface area contributed by atoms with E-state index in [1.54, 1.807) is 7.11 Å². The van der Waals surface area contributed by atoms with Crippen LogP contribution in [0.3, 0.4) is 0 Å². The van der Waals surface area contributed by atoms with Gasteiger partial charge in [-0.1, -0.05) is 23.8 Å². The molecule has 3 aliphatic rings. The minimum absolute atomic E-state index is 0.0921. The average molecular weight is 436 g/mol. The maximum absolute atomic E-state index is 13.4. The van der Waals surface area contributed by atoms with Gasteiger partial charge in [0.05, 0.1) is 25.2 Å². The monoisotopic (exact) mass is 435 g/mol. The summed E-state index contributed by atoms with van der Waals surface area (Å²) in [5.74, 6) is 0.915. The van der Waals surface area contributed by atoms with Crippen LogP contribution in [0.1, 0.15) is 24.0 Å². The summed E-state index contributed by atoms with van der Waals surface area (Å²) in [7, 11) is 1.71. The summed E-state index contributed by atoms with van der Waals surface area (Å²) >= 11 is 0. The first-order valence-electron chi connectivity index (χ1n) is 11.8. The first kappa shape index (κ1) is 21.1. The van der Waals surface area contributed by atoms with Gasteiger partial charge in [-0.3, -0.25) is 4.79 Å². The summed E-state index contributed by atoms with van der Waals surface area (Å²) in [6.45, 7) is 6.17. The molecular weight excluding hydrogens is 402 g/mol. The van der Waals surface area contributed by atoms with Crippen molar-refractivity contribution in [1.29, 1.82) is 0 Å². The molecule has 2 aromatic rings. The quantitative estimate of drug-likeness (QED) is 0.782. The van der Waals surface area contributed by atoms with Gasteiger partial charge in [0.25, 0.3) is 0 Å². The van der Waals surface area contributed by atoms with E-state index in [4.69, 9.17) is 9.47 Å². The zero-order valence-electron chi connectivity index (χ0n) is 19.0. The lowest BCUT2D eigenvalue weighted by Gasteiger charge is -2.49. The molecule has 32 heavy (non-hydrogen) atoms. The van der Waals surface area contributed by atoms with Gasteiger partial charge in [-0.2, -0.15) is 0 Å². The topological polar surface area (TPSA) is 54.0 Å². The Morgan fingerprint density at radius 3 is 2.78 bits per heavy atom. The second-order valence-corrected chi connectivity index (χ2v) is 9.23. The van der Waals surface area contributed by atoms with E-state index >= 15 is 0 Å². The fraction of sp³-hybridized carbons (Fsp3) is 0.500. The van der Waals surface area contributed by atoms with E-state index < -0.39 is 0 Å². The number of nitrogens with zero attached hydrogens (tertiary/aromatic N) is 2. The van der Waals surface area contributed by atoms with Crippen LogP contribution in [-0.2, 0) is 16.0 Å². The van der Waals surface area contributed by atoms with Gasteiger partial charge < -0.3 is 24.6 Å². The van der Waals surface area contributed by atoms with Crippen LogP contribution in [0.2, 0.25) is 0 Å². The van der Waals surface area contributed by atoms with Crippen LogP contribution in [0.5, 0.6) is 5.75 Å². The first-order chi connectivity index (χ1) is 15.6. The number of piperazine rings is 1. The number of hydrogen-bond acceptors (Lipinski definition) is 5. The predicted molar refractivity (Wildman–Crippen MR) is 127 cm³/mol. The van der Waals surface area contributed by atoms with Crippen LogP contribution < -0.4 is 19.9 Å². The fourth-order valence-electron chi connectivity index (χ4n) is 5.35. The predicted octanol–water partition coefficient (Wildman–Crippen LogP) is 3.17. The van der Waals surface area contributed by atoms with Crippen molar-refractivity contribution < 1.29 is 14.3 Å². The van der Waals surface area contributed by atoms with Gasteiger partial charge in [0.15, 0.2) is 0 Å². The second kappa shape index (κ2) is 9.02. The Hall–Kier alpha value is -2.73. The van der Waals surface area contributed by atoms with Gasteiger partial charge in [-0.15, -0.1) is 0 Å². The minimum atomic E-state index is -0.0921. The van der Waals surface area contributed by atoms with Crippen molar-refractivity contribution in [2.45, 2.75) is 38.3 Å². The van der Waals surface area contributed by atoms with Gasteiger partial charge in [0.1, 0.15) is 5.75 Å². The molecule has 0 unspecified atom stereocenters. The van der Waals surface area contributed by atoms with Gasteiger partial charge in [-0.05, 0) is 49.9 Å². The van der Waals surface area contributed by atoms with Crippen LogP contribution in [-0.4, -0.2) is 57.9 Å². The van der Waals surface area contributed by atoms with E-state index in [1.807, 2.05) is 6.07 Å². The number of anilines is 2. The van der Waals surface area contributed by atoms with Gasteiger partial charge in [0.2, 0.25) is 5.91 Å². The molecule has 5 rings (SSSR count). The fourth-order valence-corrected chi connectivity index (χ4v) is 5.35. The van der Waals surface area contributed by atoms with Crippen molar-refractivity contribution in [2.75, 3.05) is 49.7 Å². The normalized spacial score (nSPS) is 24.6. The number of hydrogen-bond donors (Lipinski definition) is 1. The minimum Gasteiger partial charge on any atom is -0.497 e. The standard InChI is InChI=1S/C26H33N3O3/c1-18-5-8-20(9-6-18)28-11-12-29-24-15-21(31-2)10-7-19(24)14-23(25(29)17-28)26(30)27-16-22-4-3-13-32-22/h5-10,15,22-23,25H,3-4,11-14,16-17H2,1-2H3,(H,27,30)/t22-,23-,25-/m1/s1. The van der Waals surface area contributed by atoms with E-state index in [9.17, 15) is 4.79 Å². The molecule has 1 N–H and O–H groups in total. The SMILES string of the molecule is COc1ccc2c(c1)N1CCN(c3ccc(C)cc3)C[C@@H]1[C@H](C(=O)NC[C@H]1CCCO1)C2. The molecule has 2 saturated heterocycles. The number of fused-ring (bicyclic) bond motifs is 3. The molecule has 0 aromatic heterocycles. The Morgan fingerprint density at radius 2 is 2.03 bits per heavy atom. The van der Waals surface area contributed by atoms with Crippen molar-refractivity contribution in [3.8, 4) is 5.75 Å². The van der Waals surface area contributed by atoms with Crippen molar-refractivity contribution in [3.05, 3.63) is 53.6 Å². The number of carbonyl (C=O) groups is 1. The van der Waals surface area contributed by atoms with Crippen molar-refractivity contribution in [3.63, 3.8) is 0 Å². The molecule has 0 spiro atoms. The second-order valence-electron chi connectivity index (χ2n) is 9.23. The Bertz CT molecular complexity index is 955. The highest BCUT2D eigenvalue weighted by atomic mass is 16.5. The van der Waals surface area contributed by atoms with Crippen LogP contribution >= 0.6 is 0 Å². The Morgan fingerprint density at radius 1 is 1.19 bits per heavy atom. The summed E-state index contributed by atoms with van der Waals surface area (Å²) in [5, 5.41) is 3.21. The maximum atomic E-state index is 13.4. The van der Waals surface area contributed by atoms with Gasteiger partial charge in [-0.25, -0.2) is 0 Å². The summed E-state index contributed by atoms with van der Waals surface area (Å²) in [4.78, 5) is 18.2. The van der Waals surface area contributed by atoms with Crippen molar-refractivity contribution in [2.24, 2.45) is 5.92 Å². The number of ether oxygens (including phenoxy) is 2. The zero-order chi connectivity index (χ0) is 22.1. The van der Waals surface area contributed by atoms with E-state index in [2.05, 4.69) is 58.4 Å². The smallest absolute Gasteiger partial charge is 0.225 e. The third kappa shape index (κ3) is 4.16. The van der Waals surface area contributed by atoms with E-state index in [1.165, 1.54) is 22.5 Å². The number of methoxy groups -OCH3 is 1. The maximum Gasteiger partial charge on any atom is 0.225 e. The lowest BCUT2D eigenvalue weighted by Crippen LogP contribution is -2.61. The Kier molecular flexibility index (Phi) is 5.96. The molecule has 0 saturated carbocycles. The molecule has 0 aliphatic carbocycles. The highest BCUT2D eigenvalue weighted by molar-refractivity contribution is 5.82. The van der Waals surface area contributed by atoms with Gasteiger partial charge >= 0.3 is 0 Å². The lowest BCUT2D eigenvalue weighted by molar-refractivity contribution is -0.126. The molecular formula is C26H33N3O3. The summed E-state index contributed by atoms with van der Waals surface area (Å²) in [6.07, 6.45) is 3.02. The van der Waals surface area contributed by atoms with Crippen molar-refractivity contribution in [1.82, 2.24) is 5.32 Å². The molecule has 1 amide bonds. The summed E-state index contributed by atoms with van der Waals surface area (Å²) in [5.41, 5.74) is 4.92. The molecule has 0 bridgehead atoms. The molecule has 6 heteroatoms. The number of benzene rings is 2. The number of rotatable bonds is 5. The number of aryl methyl sites for hydroxylation is 1. The summed E-state index contributed by atoms with van der Waals surface area (Å²) in [6, 6.07) is 15.1. The van der Waals surface area contributed by atoms with Gasteiger partial charge in [0, 0.05) is 50.2 Å². The lowest BCUT2D eigenvalue weighted by atomic mass is 9.83. The zero-order valence-corrected chi connectivity index (χ0v) is 19.0. The Balaban J connectivity index is 1.40. The molecule has 170 valence electrons. The van der Waals surface area contributed by atoms with Crippen molar-refractivity contribution >= 4 is 17.3 Å². The molecule has 3 atom stereocenters. The van der Waals surface area contributed by atoms with E-state index in [-0.39, 0.29) is 24.0 Å². The van der Waals surface area contributed by atoms with E-state index in [0.717, 1.165) is 51.3 Å². The third-order valence-electron chi connectivity index (χ3n) is 7.19. The highest BCUT2D eigenvalue weighted by Crippen LogP contribution is 2.39. The number of nitrogens with one attached hydrogen (secondary N) is 1. The van der Waals surface area contributed by atoms with Crippen LogP contribution in [0, 0.1) is 12.8 Å². The van der Waals surface area contributed by atoms with E-state index in [0.29, 0.717) is 6.54 Å². The highest BCUT2D eigenvalue weighted by Gasteiger charge is 2.42.